The van der Waals surface area contributed by atoms with Gasteiger partial charge in [0, 0.05) is 5.02 Å². The minimum Gasteiger partial charge on any atom is -0.466 e. The summed E-state index contributed by atoms with van der Waals surface area (Å²) in [5.74, 6) is -0.362. The van der Waals surface area contributed by atoms with Crippen LogP contribution in [0.5, 0.6) is 11.5 Å². The van der Waals surface area contributed by atoms with Gasteiger partial charge in [-0.05, 0) is 30.3 Å². The molecule has 0 spiro atoms. The third-order valence-electron chi connectivity index (χ3n) is 4.02. The number of anilines is 1. The fraction of sp³-hybridized carbons (Fsp3) is 0.200. The zero-order chi connectivity index (χ0) is 20.1. The lowest BCUT2D eigenvalue weighted by molar-refractivity contribution is -0.140. The first kappa shape index (κ1) is 19.7. The third kappa shape index (κ3) is 4.11. The molecule has 2 aromatic rings. The quantitative estimate of drug-likeness (QED) is 0.707. The van der Waals surface area contributed by atoms with E-state index in [4.69, 9.17) is 30.5 Å². The molecular weight excluding hydrogens is 386 g/mol. The van der Waals surface area contributed by atoms with Crippen LogP contribution >= 0.6 is 11.6 Å². The van der Waals surface area contributed by atoms with Gasteiger partial charge in [-0.2, -0.15) is 0 Å². The molecule has 0 amide bonds. The molecule has 28 heavy (non-hydrogen) atoms. The van der Waals surface area contributed by atoms with Crippen molar-refractivity contribution in [2.75, 3.05) is 32.5 Å². The third-order valence-corrected chi connectivity index (χ3v) is 4.25. The maximum absolute atomic E-state index is 12.5. The molecule has 1 aliphatic heterocycles. The molecule has 0 atom stereocenters. The van der Waals surface area contributed by atoms with Gasteiger partial charge in [-0.15, -0.1) is 0 Å². The molecular formula is C20H18ClNO6. The van der Waals surface area contributed by atoms with Crippen LogP contribution in [0.4, 0.5) is 5.69 Å². The van der Waals surface area contributed by atoms with Crippen molar-refractivity contribution in [1.82, 2.24) is 0 Å². The summed E-state index contributed by atoms with van der Waals surface area (Å²) in [6, 6.07) is 14.1. The Bertz CT molecular complexity index is 912. The van der Waals surface area contributed by atoms with Crippen molar-refractivity contribution in [3.63, 3.8) is 0 Å². The molecule has 146 valence electrons. The van der Waals surface area contributed by atoms with Gasteiger partial charge in [0.25, 0.3) is 0 Å². The number of methoxy groups -OCH3 is 2. The summed E-state index contributed by atoms with van der Waals surface area (Å²) >= 11 is 6.18. The molecule has 0 saturated carbocycles. The molecule has 8 heteroatoms. The van der Waals surface area contributed by atoms with Gasteiger partial charge >= 0.3 is 11.9 Å². The molecule has 0 fully saturated rings. The van der Waals surface area contributed by atoms with Crippen LogP contribution in [0.1, 0.15) is 0 Å². The highest BCUT2D eigenvalue weighted by atomic mass is 35.5. The Kier molecular flexibility index (Phi) is 6.18. The maximum atomic E-state index is 12.5. The van der Waals surface area contributed by atoms with Crippen LogP contribution in [-0.2, 0) is 23.8 Å². The number of benzene rings is 2. The molecule has 0 aromatic heterocycles. The van der Waals surface area contributed by atoms with Gasteiger partial charge in [0.05, 0.1) is 32.1 Å². The van der Waals surface area contributed by atoms with Crippen molar-refractivity contribution in [3.8, 4) is 11.5 Å². The summed E-state index contributed by atoms with van der Waals surface area (Å²) < 4.78 is 21.1. The van der Waals surface area contributed by atoms with E-state index in [1.54, 1.807) is 30.3 Å². The highest BCUT2D eigenvalue weighted by Gasteiger charge is 2.33. The average Bonchev–Trinajstić information content (AvgIpc) is 2.74. The molecule has 0 aliphatic carbocycles. The molecule has 0 saturated heterocycles. The van der Waals surface area contributed by atoms with Gasteiger partial charge in [0.1, 0.15) is 18.2 Å². The SMILES string of the molecule is COC(=O)C1=C(C(=O)OC)N(c2cc(Cl)ccc2Oc2ccccc2)COC1. The lowest BCUT2D eigenvalue weighted by Crippen LogP contribution is -2.39. The fourth-order valence-corrected chi connectivity index (χ4v) is 2.90. The van der Waals surface area contributed by atoms with Crippen molar-refractivity contribution in [1.29, 1.82) is 0 Å². The number of ether oxygens (including phenoxy) is 4. The molecule has 2 aromatic carbocycles. The van der Waals surface area contributed by atoms with Crippen molar-refractivity contribution in [2.24, 2.45) is 0 Å². The minimum atomic E-state index is -0.700. The van der Waals surface area contributed by atoms with Crippen LogP contribution < -0.4 is 9.64 Å². The molecule has 1 aliphatic rings. The number of para-hydroxylation sites is 1. The lowest BCUT2D eigenvalue weighted by atomic mass is 10.1. The molecule has 1 heterocycles. The monoisotopic (exact) mass is 403 g/mol. The highest BCUT2D eigenvalue weighted by molar-refractivity contribution is 6.31. The van der Waals surface area contributed by atoms with E-state index in [2.05, 4.69) is 0 Å². The number of hydrogen-bond acceptors (Lipinski definition) is 7. The largest absolute Gasteiger partial charge is 0.466 e. The molecule has 0 N–H and O–H groups in total. The first-order chi connectivity index (χ1) is 13.5. The van der Waals surface area contributed by atoms with Gasteiger partial charge in [-0.1, -0.05) is 29.8 Å². The van der Waals surface area contributed by atoms with E-state index in [-0.39, 0.29) is 24.6 Å². The van der Waals surface area contributed by atoms with E-state index in [9.17, 15) is 9.59 Å². The average molecular weight is 404 g/mol. The number of carbonyl (C=O) groups is 2. The van der Waals surface area contributed by atoms with Gasteiger partial charge < -0.3 is 23.8 Å². The Balaban J connectivity index is 2.11. The molecule has 7 nitrogen and oxygen atoms in total. The first-order valence-electron chi connectivity index (χ1n) is 8.32. The Morgan fingerprint density at radius 1 is 1.04 bits per heavy atom. The van der Waals surface area contributed by atoms with Gasteiger partial charge in [0.15, 0.2) is 5.75 Å². The van der Waals surface area contributed by atoms with Crippen LogP contribution in [-0.4, -0.2) is 39.5 Å². The Morgan fingerprint density at radius 3 is 2.43 bits per heavy atom. The summed E-state index contributed by atoms with van der Waals surface area (Å²) in [4.78, 5) is 26.1. The fourth-order valence-electron chi connectivity index (χ4n) is 2.74. The van der Waals surface area contributed by atoms with Crippen LogP contribution in [0.2, 0.25) is 5.02 Å². The summed E-state index contributed by atoms with van der Waals surface area (Å²) in [6.07, 6.45) is 0. The van der Waals surface area contributed by atoms with Crippen molar-refractivity contribution in [2.45, 2.75) is 0 Å². The summed E-state index contributed by atoms with van der Waals surface area (Å²) in [5, 5.41) is 0.421. The number of rotatable bonds is 5. The second-order valence-corrected chi connectivity index (χ2v) is 6.18. The van der Waals surface area contributed by atoms with Crippen LogP contribution in [0.15, 0.2) is 59.8 Å². The van der Waals surface area contributed by atoms with Gasteiger partial charge in [0.2, 0.25) is 0 Å². The summed E-state index contributed by atoms with van der Waals surface area (Å²) in [7, 11) is 2.46. The number of esters is 2. The first-order valence-corrected chi connectivity index (χ1v) is 8.70. The van der Waals surface area contributed by atoms with E-state index < -0.39 is 11.9 Å². The number of hydrogen-bond donors (Lipinski definition) is 0. The standard InChI is InChI=1S/C20H18ClNO6/c1-25-19(23)15-11-27-12-22(18(15)20(24)26-2)16-10-13(21)8-9-17(16)28-14-6-4-3-5-7-14/h3-10H,11-12H2,1-2H3. The van der Waals surface area contributed by atoms with Crippen LogP contribution in [0, 0.1) is 0 Å². The summed E-state index contributed by atoms with van der Waals surface area (Å²) in [6.45, 7) is -0.0839. The smallest absolute Gasteiger partial charge is 0.355 e. The van der Waals surface area contributed by atoms with Crippen LogP contribution in [0.25, 0.3) is 0 Å². The Morgan fingerprint density at radius 2 is 1.75 bits per heavy atom. The van der Waals surface area contributed by atoms with E-state index in [1.165, 1.54) is 19.1 Å². The number of carbonyl (C=O) groups excluding carboxylic acids is 2. The maximum Gasteiger partial charge on any atom is 0.355 e. The second kappa shape index (κ2) is 8.77. The van der Waals surface area contributed by atoms with E-state index in [1.807, 2.05) is 18.2 Å². The van der Waals surface area contributed by atoms with Gasteiger partial charge in [-0.25, -0.2) is 9.59 Å². The minimum absolute atomic E-state index is 0.00355. The van der Waals surface area contributed by atoms with E-state index in [0.29, 0.717) is 22.2 Å². The van der Waals surface area contributed by atoms with Crippen molar-refractivity contribution >= 4 is 29.2 Å². The number of halogens is 1. The van der Waals surface area contributed by atoms with E-state index in [0.717, 1.165) is 0 Å². The highest BCUT2D eigenvalue weighted by Crippen LogP contribution is 2.38. The zero-order valence-corrected chi connectivity index (χ0v) is 16.1. The Hall–Kier alpha value is -3.03. The molecule has 3 rings (SSSR count). The lowest BCUT2D eigenvalue weighted by Gasteiger charge is -2.32. The molecule has 0 unspecified atom stereocenters. The number of nitrogens with zero attached hydrogens (tertiary/aromatic N) is 1. The molecule has 0 radical (unpaired) electrons. The van der Waals surface area contributed by atoms with Crippen LogP contribution in [0.3, 0.4) is 0 Å². The summed E-state index contributed by atoms with van der Waals surface area (Å²) in [5.41, 5.74) is 0.505. The molecule has 0 bridgehead atoms. The second-order valence-electron chi connectivity index (χ2n) is 5.74. The topological polar surface area (TPSA) is 74.3 Å². The zero-order valence-electron chi connectivity index (χ0n) is 15.3. The van der Waals surface area contributed by atoms with Crippen molar-refractivity contribution < 1.29 is 28.5 Å². The van der Waals surface area contributed by atoms with E-state index >= 15 is 0 Å². The normalized spacial score (nSPS) is 13.9. The Labute approximate surface area is 167 Å². The predicted octanol–water partition coefficient (Wildman–Crippen LogP) is 3.53. The predicted molar refractivity (Wildman–Crippen MR) is 102 cm³/mol. The van der Waals surface area contributed by atoms with Gasteiger partial charge in [-0.3, -0.25) is 0 Å². The van der Waals surface area contributed by atoms with Crippen molar-refractivity contribution in [3.05, 3.63) is 64.8 Å².